The van der Waals surface area contributed by atoms with Crippen LogP contribution in [0.5, 0.6) is 0 Å². The minimum atomic E-state index is 0.879. The molecule has 2 nitrogen and oxygen atoms in total. The van der Waals surface area contributed by atoms with Crippen molar-refractivity contribution in [3.05, 3.63) is 179 Å². The van der Waals surface area contributed by atoms with Gasteiger partial charge in [0.2, 0.25) is 0 Å². The minimum absolute atomic E-state index is 0.879. The normalized spacial score (nSPS) is 10.9. The van der Waals surface area contributed by atoms with E-state index in [1.165, 1.54) is 56.1 Å². The molecule has 0 saturated carbocycles. The van der Waals surface area contributed by atoms with Gasteiger partial charge in [-0.15, -0.1) is 0 Å². The van der Waals surface area contributed by atoms with Crippen molar-refractivity contribution < 1.29 is 0 Å². The first kappa shape index (κ1) is 28.1. The fourth-order valence-corrected chi connectivity index (χ4v) is 5.72. The molecule has 0 aliphatic carbocycles. The molecule has 0 aliphatic heterocycles. The van der Waals surface area contributed by atoms with Gasteiger partial charge in [-0.2, -0.15) is 0 Å². The predicted molar refractivity (Wildman–Crippen MR) is 184 cm³/mol. The van der Waals surface area contributed by atoms with Crippen LogP contribution in [-0.2, 0) is 6.42 Å². The third-order valence-corrected chi connectivity index (χ3v) is 7.84. The summed E-state index contributed by atoms with van der Waals surface area (Å²) in [5.41, 5.74) is 14.6. The standard InChI is InChI=1S/C41H38N2/c1-30-9-5-13-38(25-30)42(39-14-6-10-31(2)26-39)36-21-17-34(18-22-36)29-35-19-23-37(24-20-35)43(40-15-7-11-32(3)27-40)41-16-8-12-33(4)28-41/h5-28H,29H2,1-4H3. The lowest BCUT2D eigenvalue weighted by Crippen LogP contribution is -2.10. The van der Waals surface area contributed by atoms with Crippen molar-refractivity contribution in [1.29, 1.82) is 0 Å². The van der Waals surface area contributed by atoms with Crippen LogP contribution in [0.3, 0.4) is 0 Å². The Bertz CT molecular complexity index is 1610. The van der Waals surface area contributed by atoms with Gasteiger partial charge in [-0.25, -0.2) is 0 Å². The third-order valence-electron chi connectivity index (χ3n) is 7.84. The Balaban J connectivity index is 1.26. The van der Waals surface area contributed by atoms with E-state index in [1.54, 1.807) is 0 Å². The Hall–Kier alpha value is -5.08. The van der Waals surface area contributed by atoms with Crippen LogP contribution in [-0.4, -0.2) is 0 Å². The molecule has 0 bridgehead atoms. The SMILES string of the molecule is Cc1cccc(N(c2ccc(Cc3ccc(N(c4cccc(C)c4)c4cccc(C)c4)cc3)cc2)c2cccc(C)c2)c1. The van der Waals surface area contributed by atoms with E-state index >= 15 is 0 Å². The first-order valence-corrected chi connectivity index (χ1v) is 15.0. The second-order valence-electron chi connectivity index (χ2n) is 11.5. The van der Waals surface area contributed by atoms with Gasteiger partial charge in [-0.3, -0.25) is 0 Å². The zero-order valence-corrected chi connectivity index (χ0v) is 25.5. The second kappa shape index (κ2) is 12.4. The molecule has 0 aromatic heterocycles. The van der Waals surface area contributed by atoms with Crippen LogP contribution in [0.1, 0.15) is 33.4 Å². The molecule has 0 fully saturated rings. The van der Waals surface area contributed by atoms with Crippen LogP contribution >= 0.6 is 0 Å². The molecule has 2 heteroatoms. The summed E-state index contributed by atoms with van der Waals surface area (Å²) < 4.78 is 0. The summed E-state index contributed by atoms with van der Waals surface area (Å²) in [4.78, 5) is 4.67. The molecule has 6 aromatic rings. The fraction of sp³-hybridized carbons (Fsp3) is 0.122. The van der Waals surface area contributed by atoms with Gasteiger partial charge in [0, 0.05) is 34.1 Å². The maximum absolute atomic E-state index is 2.34. The topological polar surface area (TPSA) is 6.48 Å². The molecule has 212 valence electrons. The van der Waals surface area contributed by atoms with Crippen LogP contribution in [0.15, 0.2) is 146 Å². The minimum Gasteiger partial charge on any atom is -0.310 e. The van der Waals surface area contributed by atoms with E-state index in [9.17, 15) is 0 Å². The van der Waals surface area contributed by atoms with Crippen LogP contribution in [0.4, 0.5) is 34.1 Å². The van der Waals surface area contributed by atoms with Crippen LogP contribution < -0.4 is 9.80 Å². The molecule has 0 spiro atoms. The van der Waals surface area contributed by atoms with Crippen molar-refractivity contribution in [2.24, 2.45) is 0 Å². The van der Waals surface area contributed by atoms with Crippen molar-refractivity contribution in [2.75, 3.05) is 9.80 Å². The number of hydrogen-bond acceptors (Lipinski definition) is 2. The van der Waals surface area contributed by atoms with E-state index in [-0.39, 0.29) is 0 Å². The number of hydrogen-bond donors (Lipinski definition) is 0. The van der Waals surface area contributed by atoms with Crippen LogP contribution in [0, 0.1) is 27.7 Å². The molecule has 0 heterocycles. The second-order valence-corrected chi connectivity index (χ2v) is 11.5. The summed E-state index contributed by atoms with van der Waals surface area (Å²) in [6.07, 6.45) is 0.879. The molecule has 0 N–H and O–H groups in total. The highest BCUT2D eigenvalue weighted by atomic mass is 15.1. The van der Waals surface area contributed by atoms with E-state index in [2.05, 4.69) is 183 Å². The fourth-order valence-electron chi connectivity index (χ4n) is 5.72. The Morgan fingerprint density at radius 2 is 0.605 bits per heavy atom. The molecule has 0 atom stereocenters. The molecule has 6 rings (SSSR count). The maximum atomic E-state index is 2.34. The van der Waals surface area contributed by atoms with Crippen molar-refractivity contribution in [3.8, 4) is 0 Å². The third kappa shape index (κ3) is 6.55. The molecule has 0 amide bonds. The van der Waals surface area contributed by atoms with Gasteiger partial charge in [0.05, 0.1) is 0 Å². The van der Waals surface area contributed by atoms with Gasteiger partial charge in [0.25, 0.3) is 0 Å². The monoisotopic (exact) mass is 558 g/mol. The summed E-state index contributed by atoms with van der Waals surface area (Å²) in [5.74, 6) is 0. The van der Waals surface area contributed by atoms with Gasteiger partial charge in [-0.1, -0.05) is 72.8 Å². The highest BCUT2D eigenvalue weighted by Crippen LogP contribution is 2.37. The molecule has 0 aliphatic rings. The first-order valence-electron chi connectivity index (χ1n) is 15.0. The van der Waals surface area contributed by atoms with Gasteiger partial charge in [0.1, 0.15) is 0 Å². The first-order chi connectivity index (χ1) is 20.9. The number of anilines is 6. The zero-order valence-electron chi connectivity index (χ0n) is 25.5. The Morgan fingerprint density at radius 3 is 0.860 bits per heavy atom. The lowest BCUT2D eigenvalue weighted by Gasteiger charge is -2.26. The number of nitrogens with zero attached hydrogens (tertiary/aromatic N) is 2. The van der Waals surface area contributed by atoms with E-state index in [0.717, 1.165) is 17.8 Å². The quantitative estimate of drug-likeness (QED) is 0.183. The van der Waals surface area contributed by atoms with E-state index in [0.29, 0.717) is 0 Å². The average molecular weight is 559 g/mol. The molecule has 0 radical (unpaired) electrons. The highest BCUT2D eigenvalue weighted by Gasteiger charge is 2.15. The van der Waals surface area contributed by atoms with Gasteiger partial charge in [0.15, 0.2) is 0 Å². The highest BCUT2D eigenvalue weighted by molar-refractivity contribution is 5.78. The lowest BCUT2D eigenvalue weighted by molar-refractivity contribution is 1.17. The molecule has 0 unspecified atom stereocenters. The molecule has 6 aromatic carbocycles. The van der Waals surface area contributed by atoms with E-state index in [4.69, 9.17) is 0 Å². The molecular formula is C41H38N2. The predicted octanol–water partition coefficient (Wildman–Crippen LogP) is 11.5. The molecule has 43 heavy (non-hydrogen) atoms. The van der Waals surface area contributed by atoms with Crippen molar-refractivity contribution in [1.82, 2.24) is 0 Å². The molecule has 0 saturated heterocycles. The average Bonchev–Trinajstić information content (AvgIpc) is 3.00. The van der Waals surface area contributed by atoms with Crippen molar-refractivity contribution >= 4 is 34.1 Å². The number of rotatable bonds is 8. The van der Waals surface area contributed by atoms with Crippen LogP contribution in [0.2, 0.25) is 0 Å². The van der Waals surface area contributed by atoms with Crippen molar-refractivity contribution in [2.45, 2.75) is 34.1 Å². The summed E-state index contributed by atoms with van der Waals surface area (Å²) in [6.45, 7) is 8.58. The maximum Gasteiger partial charge on any atom is 0.0464 e. The van der Waals surface area contributed by atoms with Gasteiger partial charge < -0.3 is 9.80 Å². The van der Waals surface area contributed by atoms with E-state index < -0.39 is 0 Å². The van der Waals surface area contributed by atoms with Gasteiger partial charge in [-0.05, 0) is 140 Å². The van der Waals surface area contributed by atoms with Crippen molar-refractivity contribution in [3.63, 3.8) is 0 Å². The largest absolute Gasteiger partial charge is 0.310 e. The number of aryl methyl sites for hydroxylation is 4. The Labute approximate surface area is 256 Å². The summed E-state index contributed by atoms with van der Waals surface area (Å²) >= 11 is 0. The summed E-state index contributed by atoms with van der Waals surface area (Å²) in [5, 5.41) is 0. The van der Waals surface area contributed by atoms with Gasteiger partial charge >= 0.3 is 0 Å². The molecular weight excluding hydrogens is 520 g/mol. The lowest BCUT2D eigenvalue weighted by atomic mass is 10.0. The van der Waals surface area contributed by atoms with Crippen LogP contribution in [0.25, 0.3) is 0 Å². The number of benzene rings is 6. The smallest absolute Gasteiger partial charge is 0.0464 e. The van der Waals surface area contributed by atoms with E-state index in [1.807, 2.05) is 0 Å². The summed E-state index contributed by atoms with van der Waals surface area (Å²) in [7, 11) is 0. The Morgan fingerprint density at radius 1 is 0.326 bits per heavy atom. The summed E-state index contributed by atoms with van der Waals surface area (Å²) in [6, 6.07) is 52.8. The zero-order chi connectivity index (χ0) is 29.8. The Kier molecular flexibility index (Phi) is 8.11.